The van der Waals surface area contributed by atoms with Gasteiger partial charge >= 0.3 is 0 Å². The second-order valence-corrected chi connectivity index (χ2v) is 4.27. The van der Waals surface area contributed by atoms with Crippen LogP contribution in [0.2, 0.25) is 0 Å². The second-order valence-electron chi connectivity index (χ2n) is 3.88. The summed E-state index contributed by atoms with van der Waals surface area (Å²) in [5.74, 6) is 0.0659. The molecular formula is C9H15N3OS. The fraction of sp³-hybridized carbons (Fsp3) is 0.778. The predicted molar refractivity (Wildman–Crippen MR) is 57.9 cm³/mol. The highest BCUT2D eigenvalue weighted by Gasteiger charge is 2.30. The summed E-state index contributed by atoms with van der Waals surface area (Å²) in [5, 5.41) is 6.80. The van der Waals surface area contributed by atoms with Crippen molar-refractivity contribution in [1.29, 1.82) is 0 Å². The van der Waals surface area contributed by atoms with E-state index >= 15 is 0 Å². The van der Waals surface area contributed by atoms with Gasteiger partial charge in [0.2, 0.25) is 5.91 Å². The highest BCUT2D eigenvalue weighted by Crippen LogP contribution is 2.19. The molecule has 1 aliphatic heterocycles. The van der Waals surface area contributed by atoms with Crippen molar-refractivity contribution in [2.45, 2.75) is 31.8 Å². The summed E-state index contributed by atoms with van der Waals surface area (Å²) in [6.45, 7) is 3.39. The van der Waals surface area contributed by atoms with E-state index < -0.39 is 0 Å². The molecule has 0 bridgehead atoms. The first kappa shape index (κ1) is 9.71. The van der Waals surface area contributed by atoms with Crippen LogP contribution in [0.1, 0.15) is 19.8 Å². The Morgan fingerprint density at radius 1 is 1.64 bits per heavy atom. The molecule has 1 amide bonds. The predicted octanol–water partition coefficient (Wildman–Crippen LogP) is -0.156. The van der Waals surface area contributed by atoms with Gasteiger partial charge in [0.05, 0.1) is 0 Å². The molecule has 0 aromatic carbocycles. The van der Waals surface area contributed by atoms with E-state index in [9.17, 15) is 4.79 Å². The average Bonchev–Trinajstić information content (AvgIpc) is 2.93. The lowest BCUT2D eigenvalue weighted by Crippen LogP contribution is -2.58. The van der Waals surface area contributed by atoms with E-state index in [4.69, 9.17) is 12.2 Å². The normalized spacial score (nSPS) is 27.1. The van der Waals surface area contributed by atoms with Crippen LogP contribution in [0.4, 0.5) is 0 Å². The van der Waals surface area contributed by atoms with Crippen molar-refractivity contribution in [3.8, 4) is 0 Å². The molecule has 0 aromatic heterocycles. The Bertz CT molecular complexity index is 265. The van der Waals surface area contributed by atoms with Crippen LogP contribution < -0.4 is 10.6 Å². The standard InChI is InChI=1S/C9H15N3OS/c1-6-8(13)10-4-5-12(6)9(14)11-7-2-3-7/h6-7H,2-5H2,1H3,(H,10,13)(H,11,14). The van der Waals surface area contributed by atoms with Gasteiger partial charge in [-0.25, -0.2) is 0 Å². The first-order valence-electron chi connectivity index (χ1n) is 5.03. The number of carbonyl (C=O) groups excluding carboxylic acids is 1. The molecular weight excluding hydrogens is 198 g/mol. The third kappa shape index (κ3) is 1.97. The zero-order valence-corrected chi connectivity index (χ0v) is 9.06. The maximum atomic E-state index is 11.4. The van der Waals surface area contributed by atoms with Gasteiger partial charge < -0.3 is 15.5 Å². The molecule has 0 spiro atoms. The van der Waals surface area contributed by atoms with E-state index in [-0.39, 0.29) is 11.9 Å². The van der Waals surface area contributed by atoms with Crippen LogP contribution in [0.3, 0.4) is 0 Å². The third-order valence-corrected chi connectivity index (χ3v) is 3.02. The maximum Gasteiger partial charge on any atom is 0.242 e. The van der Waals surface area contributed by atoms with Gasteiger partial charge in [-0.05, 0) is 32.0 Å². The highest BCUT2D eigenvalue weighted by molar-refractivity contribution is 7.80. The number of rotatable bonds is 1. The lowest BCUT2D eigenvalue weighted by atomic mass is 10.2. The van der Waals surface area contributed by atoms with E-state index in [1.165, 1.54) is 12.8 Å². The van der Waals surface area contributed by atoms with Crippen molar-refractivity contribution in [2.75, 3.05) is 13.1 Å². The number of nitrogens with zero attached hydrogens (tertiary/aromatic N) is 1. The van der Waals surface area contributed by atoms with Gasteiger partial charge in [0.15, 0.2) is 5.11 Å². The zero-order valence-electron chi connectivity index (χ0n) is 8.25. The van der Waals surface area contributed by atoms with Crippen LogP contribution in [0.5, 0.6) is 0 Å². The van der Waals surface area contributed by atoms with E-state index in [1.54, 1.807) is 0 Å². The van der Waals surface area contributed by atoms with Gasteiger partial charge in [-0.2, -0.15) is 0 Å². The van der Waals surface area contributed by atoms with Crippen molar-refractivity contribution in [1.82, 2.24) is 15.5 Å². The smallest absolute Gasteiger partial charge is 0.242 e. The van der Waals surface area contributed by atoms with Crippen LogP contribution in [0.25, 0.3) is 0 Å². The van der Waals surface area contributed by atoms with E-state index in [0.717, 1.165) is 11.7 Å². The van der Waals surface area contributed by atoms with Crippen LogP contribution in [-0.4, -0.2) is 41.1 Å². The quantitative estimate of drug-likeness (QED) is 0.594. The zero-order chi connectivity index (χ0) is 10.1. The lowest BCUT2D eigenvalue weighted by Gasteiger charge is -2.34. The summed E-state index contributed by atoms with van der Waals surface area (Å²) in [4.78, 5) is 13.3. The Kier molecular flexibility index (Phi) is 2.58. The van der Waals surface area contributed by atoms with Gasteiger partial charge in [-0.15, -0.1) is 0 Å². The van der Waals surface area contributed by atoms with Gasteiger partial charge in [0.1, 0.15) is 6.04 Å². The molecule has 1 saturated carbocycles. The number of hydrogen-bond acceptors (Lipinski definition) is 2. The molecule has 2 rings (SSSR count). The molecule has 1 saturated heterocycles. The third-order valence-electron chi connectivity index (χ3n) is 2.66. The van der Waals surface area contributed by atoms with Gasteiger partial charge in [-0.1, -0.05) is 0 Å². The van der Waals surface area contributed by atoms with E-state index in [1.807, 2.05) is 11.8 Å². The van der Waals surface area contributed by atoms with E-state index in [2.05, 4.69) is 10.6 Å². The molecule has 2 N–H and O–H groups in total. The summed E-state index contributed by atoms with van der Waals surface area (Å²) in [6, 6.07) is 0.419. The number of thiocarbonyl (C=S) groups is 1. The van der Waals surface area contributed by atoms with Crippen molar-refractivity contribution >= 4 is 23.2 Å². The molecule has 1 heterocycles. The van der Waals surface area contributed by atoms with Crippen molar-refractivity contribution in [3.63, 3.8) is 0 Å². The minimum Gasteiger partial charge on any atom is -0.360 e. The summed E-state index contributed by atoms with van der Waals surface area (Å²) in [5.41, 5.74) is 0. The Morgan fingerprint density at radius 3 is 3.00 bits per heavy atom. The molecule has 0 radical (unpaired) electrons. The molecule has 1 aliphatic carbocycles. The van der Waals surface area contributed by atoms with Crippen molar-refractivity contribution in [3.05, 3.63) is 0 Å². The fourth-order valence-corrected chi connectivity index (χ4v) is 1.96. The summed E-state index contributed by atoms with van der Waals surface area (Å²) in [7, 11) is 0. The van der Waals surface area contributed by atoms with Crippen molar-refractivity contribution < 1.29 is 4.79 Å². The number of nitrogens with one attached hydrogen (secondary N) is 2. The largest absolute Gasteiger partial charge is 0.360 e. The maximum absolute atomic E-state index is 11.4. The minimum absolute atomic E-state index is 0.0659. The second kappa shape index (κ2) is 3.73. The minimum atomic E-state index is -0.137. The molecule has 5 heteroatoms. The van der Waals surface area contributed by atoms with Crippen LogP contribution in [0, 0.1) is 0 Å². The highest BCUT2D eigenvalue weighted by atomic mass is 32.1. The van der Waals surface area contributed by atoms with Crippen LogP contribution >= 0.6 is 12.2 Å². The number of amides is 1. The molecule has 14 heavy (non-hydrogen) atoms. The van der Waals surface area contributed by atoms with E-state index in [0.29, 0.717) is 12.6 Å². The number of piperazine rings is 1. The molecule has 0 aromatic rings. The molecule has 4 nitrogen and oxygen atoms in total. The molecule has 2 fully saturated rings. The van der Waals surface area contributed by atoms with Gasteiger partial charge in [-0.3, -0.25) is 4.79 Å². The first-order valence-corrected chi connectivity index (χ1v) is 5.44. The molecule has 1 unspecified atom stereocenters. The summed E-state index contributed by atoms with van der Waals surface area (Å²) < 4.78 is 0. The fourth-order valence-electron chi connectivity index (χ4n) is 1.55. The van der Waals surface area contributed by atoms with Gasteiger partial charge in [0.25, 0.3) is 0 Å². The molecule has 78 valence electrons. The first-order chi connectivity index (χ1) is 6.68. The monoisotopic (exact) mass is 213 g/mol. The topological polar surface area (TPSA) is 44.4 Å². The average molecular weight is 213 g/mol. The Balaban J connectivity index is 1.93. The van der Waals surface area contributed by atoms with Crippen LogP contribution in [0.15, 0.2) is 0 Å². The lowest BCUT2D eigenvalue weighted by molar-refractivity contribution is -0.126. The molecule has 1 atom stereocenters. The van der Waals surface area contributed by atoms with Gasteiger partial charge in [0, 0.05) is 19.1 Å². The molecule has 2 aliphatic rings. The Hall–Kier alpha value is -0.840. The Morgan fingerprint density at radius 2 is 2.36 bits per heavy atom. The summed E-state index contributed by atoms with van der Waals surface area (Å²) in [6.07, 6.45) is 2.41. The van der Waals surface area contributed by atoms with Crippen molar-refractivity contribution in [2.24, 2.45) is 0 Å². The Labute approximate surface area is 89.0 Å². The van der Waals surface area contributed by atoms with Crippen LogP contribution in [-0.2, 0) is 4.79 Å². The number of carbonyl (C=O) groups is 1. The number of hydrogen-bond donors (Lipinski definition) is 2. The summed E-state index contributed by atoms with van der Waals surface area (Å²) >= 11 is 5.26. The SMILES string of the molecule is CC1C(=O)NCCN1C(=S)NC1CC1.